The summed E-state index contributed by atoms with van der Waals surface area (Å²) in [6.45, 7) is 17.9. The van der Waals surface area contributed by atoms with Gasteiger partial charge in [0.15, 0.2) is 0 Å². The number of hydrogen-bond acceptors (Lipinski definition) is 2. The highest BCUT2D eigenvalue weighted by atomic mass is 16.5. The molecule has 0 amide bonds. The molecule has 1 unspecified atom stereocenters. The number of quaternary nitrogens is 1. The Balaban J connectivity index is 1.75. The summed E-state index contributed by atoms with van der Waals surface area (Å²) in [7, 11) is 4.50. The van der Waals surface area contributed by atoms with Crippen molar-refractivity contribution in [2.45, 2.75) is 59.9 Å². The lowest BCUT2D eigenvalue weighted by Gasteiger charge is -2.40. The molecule has 0 heterocycles. The highest BCUT2D eigenvalue weighted by Crippen LogP contribution is 2.42. The fourth-order valence-electron chi connectivity index (χ4n) is 4.46. The number of rotatable bonds is 12. The molecule has 0 aromatic heterocycles. The fraction of sp³-hybridized carbons (Fsp3) is 0.586. The van der Waals surface area contributed by atoms with Crippen LogP contribution in [0.25, 0.3) is 0 Å². The monoisotopic (exact) mass is 440 g/mol. The van der Waals surface area contributed by atoms with Gasteiger partial charge in [0.25, 0.3) is 0 Å². The van der Waals surface area contributed by atoms with E-state index in [1.807, 2.05) is 0 Å². The van der Waals surface area contributed by atoms with Crippen LogP contribution in [0, 0.1) is 11.3 Å². The normalized spacial score (nSPS) is 14.4. The van der Waals surface area contributed by atoms with Gasteiger partial charge in [-0.2, -0.15) is 0 Å². The zero-order valence-corrected chi connectivity index (χ0v) is 21.8. The lowest BCUT2D eigenvalue weighted by molar-refractivity contribution is -0.904. The first kappa shape index (κ1) is 26.4. The summed E-state index contributed by atoms with van der Waals surface area (Å²) in [6, 6.07) is 19.3. The highest BCUT2D eigenvalue weighted by Gasteiger charge is 2.34. The van der Waals surface area contributed by atoms with Crippen molar-refractivity contribution in [2.24, 2.45) is 11.3 Å². The Hall–Kier alpha value is -1.84. The Labute approximate surface area is 197 Å². The van der Waals surface area contributed by atoms with Gasteiger partial charge in [0.2, 0.25) is 0 Å². The third-order valence-corrected chi connectivity index (χ3v) is 6.48. The van der Waals surface area contributed by atoms with Crippen LogP contribution in [0.2, 0.25) is 0 Å². The van der Waals surface area contributed by atoms with Gasteiger partial charge in [0, 0.05) is 5.56 Å². The van der Waals surface area contributed by atoms with E-state index in [2.05, 4.69) is 110 Å². The summed E-state index contributed by atoms with van der Waals surface area (Å²) in [5.74, 6) is 1.49. The maximum Gasteiger partial charge on any atom is 0.119 e. The molecule has 0 aliphatic heterocycles. The maximum absolute atomic E-state index is 5.93. The van der Waals surface area contributed by atoms with Crippen molar-refractivity contribution in [3.8, 4) is 5.75 Å². The molecule has 32 heavy (non-hydrogen) atoms. The SMILES string of the molecule is CC(C)C(C)(CC(C)(C)C)c1ccc(OCCOCC[N+](C)(C)Cc2ccccc2)cc1. The minimum atomic E-state index is 0.157. The Morgan fingerprint density at radius 1 is 0.812 bits per heavy atom. The van der Waals surface area contributed by atoms with Crippen molar-refractivity contribution in [3.63, 3.8) is 0 Å². The molecular formula is C29H46NO2+. The second-order valence-corrected chi connectivity index (χ2v) is 11.6. The molecule has 1 atom stereocenters. The molecule has 2 aromatic carbocycles. The van der Waals surface area contributed by atoms with Gasteiger partial charge in [-0.25, -0.2) is 0 Å². The summed E-state index contributed by atoms with van der Waals surface area (Å²) in [6.07, 6.45) is 1.16. The summed E-state index contributed by atoms with van der Waals surface area (Å²) in [5.41, 5.74) is 3.20. The molecule has 0 fully saturated rings. The van der Waals surface area contributed by atoms with Gasteiger partial charge in [-0.05, 0) is 40.9 Å². The summed E-state index contributed by atoms with van der Waals surface area (Å²) in [5, 5.41) is 0. The molecule has 2 rings (SSSR count). The molecule has 178 valence electrons. The minimum Gasteiger partial charge on any atom is -0.491 e. The van der Waals surface area contributed by atoms with E-state index in [0.717, 1.165) is 36.3 Å². The number of likely N-dealkylation sites (N-methyl/N-ethyl adjacent to an activating group) is 1. The molecule has 0 spiro atoms. The van der Waals surface area contributed by atoms with Gasteiger partial charge < -0.3 is 14.0 Å². The van der Waals surface area contributed by atoms with E-state index in [1.165, 1.54) is 11.1 Å². The average molecular weight is 441 g/mol. The van der Waals surface area contributed by atoms with Crippen molar-refractivity contribution in [1.29, 1.82) is 0 Å². The third kappa shape index (κ3) is 8.60. The molecule has 3 nitrogen and oxygen atoms in total. The number of nitrogens with zero attached hydrogens (tertiary/aromatic N) is 1. The second kappa shape index (κ2) is 11.3. The molecule has 0 bridgehead atoms. The largest absolute Gasteiger partial charge is 0.491 e. The van der Waals surface area contributed by atoms with Gasteiger partial charge in [0.1, 0.15) is 25.4 Å². The molecule has 0 saturated carbocycles. The lowest BCUT2D eigenvalue weighted by atomic mass is 9.65. The molecule has 2 aromatic rings. The van der Waals surface area contributed by atoms with E-state index >= 15 is 0 Å². The first-order valence-corrected chi connectivity index (χ1v) is 12.1. The van der Waals surface area contributed by atoms with E-state index in [-0.39, 0.29) is 5.41 Å². The average Bonchev–Trinajstić information content (AvgIpc) is 2.70. The zero-order valence-electron chi connectivity index (χ0n) is 21.8. The van der Waals surface area contributed by atoms with Crippen LogP contribution in [0.3, 0.4) is 0 Å². The fourth-order valence-corrected chi connectivity index (χ4v) is 4.46. The summed E-state index contributed by atoms with van der Waals surface area (Å²) in [4.78, 5) is 0. The molecule has 0 aliphatic rings. The van der Waals surface area contributed by atoms with Crippen molar-refractivity contribution < 1.29 is 14.0 Å². The molecular weight excluding hydrogens is 394 g/mol. The first-order chi connectivity index (χ1) is 14.9. The topological polar surface area (TPSA) is 18.5 Å². The number of hydrogen-bond donors (Lipinski definition) is 0. The summed E-state index contributed by atoms with van der Waals surface area (Å²) >= 11 is 0. The van der Waals surface area contributed by atoms with E-state index in [1.54, 1.807) is 0 Å². The predicted molar refractivity (Wildman–Crippen MR) is 136 cm³/mol. The van der Waals surface area contributed by atoms with Crippen LogP contribution in [0.15, 0.2) is 54.6 Å². The minimum absolute atomic E-state index is 0.157. The van der Waals surface area contributed by atoms with E-state index in [0.29, 0.717) is 24.5 Å². The van der Waals surface area contributed by atoms with Crippen molar-refractivity contribution in [2.75, 3.05) is 40.5 Å². The Kier molecular flexibility index (Phi) is 9.36. The number of benzene rings is 2. The molecule has 0 saturated heterocycles. The van der Waals surface area contributed by atoms with Crippen LogP contribution in [0.1, 0.15) is 59.1 Å². The van der Waals surface area contributed by atoms with Gasteiger partial charge in [0.05, 0.1) is 27.3 Å². The summed E-state index contributed by atoms with van der Waals surface area (Å²) < 4.78 is 12.7. The maximum atomic E-state index is 5.93. The Morgan fingerprint density at radius 3 is 2.00 bits per heavy atom. The smallest absolute Gasteiger partial charge is 0.119 e. The van der Waals surface area contributed by atoms with Crippen molar-refractivity contribution >= 4 is 0 Å². The standard InChI is InChI=1S/C29H46NO2/c1-24(2)29(6,23-28(3,4)5)26-14-16-27(17-15-26)32-21-20-31-19-18-30(7,8)22-25-12-10-9-11-13-25/h9-17,24H,18-23H2,1-8H3/q+1. The second-order valence-electron chi connectivity index (χ2n) is 11.6. The Bertz CT molecular complexity index is 790. The zero-order chi connectivity index (χ0) is 23.8. The van der Waals surface area contributed by atoms with Crippen LogP contribution >= 0.6 is 0 Å². The first-order valence-electron chi connectivity index (χ1n) is 12.1. The van der Waals surface area contributed by atoms with Crippen LogP contribution in [-0.4, -0.2) is 44.9 Å². The van der Waals surface area contributed by atoms with Crippen LogP contribution in [-0.2, 0) is 16.7 Å². The van der Waals surface area contributed by atoms with Gasteiger partial charge in [-0.15, -0.1) is 0 Å². The van der Waals surface area contributed by atoms with Crippen LogP contribution in [0.4, 0.5) is 0 Å². The van der Waals surface area contributed by atoms with Gasteiger partial charge >= 0.3 is 0 Å². The quantitative estimate of drug-likeness (QED) is 0.270. The van der Waals surface area contributed by atoms with E-state index in [9.17, 15) is 0 Å². The van der Waals surface area contributed by atoms with E-state index < -0.39 is 0 Å². The number of ether oxygens (including phenoxy) is 2. The molecule has 0 aliphatic carbocycles. The highest BCUT2D eigenvalue weighted by molar-refractivity contribution is 5.32. The van der Waals surface area contributed by atoms with Crippen molar-refractivity contribution in [3.05, 3.63) is 65.7 Å². The third-order valence-electron chi connectivity index (χ3n) is 6.48. The van der Waals surface area contributed by atoms with Gasteiger partial charge in [-0.1, -0.05) is 84.0 Å². The van der Waals surface area contributed by atoms with E-state index in [4.69, 9.17) is 9.47 Å². The van der Waals surface area contributed by atoms with Crippen molar-refractivity contribution in [1.82, 2.24) is 0 Å². The Morgan fingerprint density at radius 2 is 1.44 bits per heavy atom. The van der Waals surface area contributed by atoms with Crippen LogP contribution in [0.5, 0.6) is 5.75 Å². The predicted octanol–water partition coefficient (Wildman–Crippen LogP) is 6.71. The molecule has 0 N–H and O–H groups in total. The molecule has 3 heteroatoms. The van der Waals surface area contributed by atoms with Crippen LogP contribution < -0.4 is 4.74 Å². The van der Waals surface area contributed by atoms with Gasteiger partial charge in [-0.3, -0.25) is 0 Å². The lowest BCUT2D eigenvalue weighted by Crippen LogP contribution is -2.41. The molecule has 0 radical (unpaired) electrons.